The molecule has 160 valence electrons. The molecule has 0 saturated heterocycles. The number of carbonyl (C=O) groups excluding carboxylic acids is 2. The maximum absolute atomic E-state index is 13.1. The number of hydrogen-bond donors (Lipinski definition) is 1. The number of aromatic nitrogens is 1. The standard InChI is InChI=1S/C25H27N3O3/c1-17-23(25(31)26(2)3)20-16-27(22(30)15-19-11-7-8-12-21(19)29)13-14-28(20)24(17)18-9-5-4-6-10-18/h4-12,29H,13-16H2,1-3H3. The molecule has 1 aliphatic rings. The Kier molecular flexibility index (Phi) is 5.55. The molecular weight excluding hydrogens is 390 g/mol. The van der Waals surface area contributed by atoms with Gasteiger partial charge in [-0.2, -0.15) is 0 Å². The minimum Gasteiger partial charge on any atom is -0.508 e. The lowest BCUT2D eigenvalue weighted by molar-refractivity contribution is -0.131. The van der Waals surface area contributed by atoms with Crippen LogP contribution >= 0.6 is 0 Å². The Labute approximate surface area is 182 Å². The highest BCUT2D eigenvalue weighted by atomic mass is 16.3. The van der Waals surface area contributed by atoms with Crippen molar-refractivity contribution in [3.63, 3.8) is 0 Å². The predicted octanol–water partition coefficient (Wildman–Crippen LogP) is 3.46. The number of amides is 2. The number of aromatic hydroxyl groups is 1. The molecule has 0 unspecified atom stereocenters. The minimum absolute atomic E-state index is 0.0570. The second-order valence-electron chi connectivity index (χ2n) is 8.13. The maximum atomic E-state index is 13.1. The van der Waals surface area contributed by atoms with Crippen LogP contribution in [0, 0.1) is 6.92 Å². The Morgan fingerprint density at radius 1 is 1.00 bits per heavy atom. The van der Waals surface area contributed by atoms with Crippen LogP contribution in [0.2, 0.25) is 0 Å². The molecule has 0 radical (unpaired) electrons. The number of phenolic OH excluding ortho intramolecular Hbond substituents is 1. The first kappa shape index (κ1) is 20.7. The van der Waals surface area contributed by atoms with Gasteiger partial charge in [-0.15, -0.1) is 0 Å². The average Bonchev–Trinajstić information content (AvgIpc) is 3.06. The van der Waals surface area contributed by atoms with E-state index in [9.17, 15) is 14.7 Å². The first-order valence-electron chi connectivity index (χ1n) is 10.4. The molecule has 1 aromatic heterocycles. The molecule has 2 amide bonds. The van der Waals surface area contributed by atoms with E-state index in [2.05, 4.69) is 16.7 Å². The van der Waals surface area contributed by atoms with Crippen molar-refractivity contribution >= 4 is 11.8 Å². The van der Waals surface area contributed by atoms with Crippen LogP contribution in [0.1, 0.15) is 27.2 Å². The number of fused-ring (bicyclic) bond motifs is 1. The summed E-state index contributed by atoms with van der Waals surface area (Å²) in [6.07, 6.45) is 0.134. The van der Waals surface area contributed by atoms with Gasteiger partial charge in [0.05, 0.1) is 29.9 Å². The summed E-state index contributed by atoms with van der Waals surface area (Å²) in [6, 6.07) is 17.0. The summed E-state index contributed by atoms with van der Waals surface area (Å²) in [4.78, 5) is 29.5. The molecule has 31 heavy (non-hydrogen) atoms. The molecular formula is C25H27N3O3. The summed E-state index contributed by atoms with van der Waals surface area (Å²) >= 11 is 0. The molecule has 4 rings (SSSR count). The molecule has 0 atom stereocenters. The first-order chi connectivity index (χ1) is 14.9. The summed E-state index contributed by atoms with van der Waals surface area (Å²) in [5.74, 6) is 0.0106. The molecule has 1 aliphatic heterocycles. The third-order valence-electron chi connectivity index (χ3n) is 5.90. The molecule has 0 spiro atoms. The number of benzene rings is 2. The van der Waals surface area contributed by atoms with E-state index in [1.54, 1.807) is 42.1 Å². The monoisotopic (exact) mass is 417 g/mol. The van der Waals surface area contributed by atoms with Crippen molar-refractivity contribution in [3.05, 3.63) is 77.0 Å². The highest BCUT2D eigenvalue weighted by molar-refractivity contribution is 5.99. The number of carbonyl (C=O) groups is 2. The molecule has 2 aromatic carbocycles. The lowest BCUT2D eigenvalue weighted by Crippen LogP contribution is -2.40. The normalized spacial score (nSPS) is 13.1. The van der Waals surface area contributed by atoms with E-state index in [1.807, 2.05) is 31.2 Å². The van der Waals surface area contributed by atoms with Gasteiger partial charge in [0.2, 0.25) is 5.91 Å². The van der Waals surface area contributed by atoms with Crippen LogP contribution in [0.25, 0.3) is 11.3 Å². The minimum atomic E-state index is -0.0592. The van der Waals surface area contributed by atoms with Crippen LogP contribution in [0.3, 0.4) is 0 Å². The highest BCUT2D eigenvalue weighted by Crippen LogP contribution is 2.34. The van der Waals surface area contributed by atoms with Gasteiger partial charge >= 0.3 is 0 Å². The molecule has 6 heteroatoms. The van der Waals surface area contributed by atoms with Gasteiger partial charge in [0.1, 0.15) is 5.75 Å². The number of nitrogens with zero attached hydrogens (tertiary/aromatic N) is 3. The van der Waals surface area contributed by atoms with E-state index in [-0.39, 0.29) is 24.0 Å². The smallest absolute Gasteiger partial charge is 0.255 e. The SMILES string of the molecule is Cc1c(C(=O)N(C)C)c2n(c1-c1ccccc1)CCN(C(=O)Cc1ccccc1O)C2. The van der Waals surface area contributed by atoms with Gasteiger partial charge < -0.3 is 19.5 Å². The lowest BCUT2D eigenvalue weighted by Gasteiger charge is -2.30. The molecule has 0 bridgehead atoms. The fourth-order valence-corrected chi connectivity index (χ4v) is 4.32. The zero-order chi connectivity index (χ0) is 22.1. The van der Waals surface area contributed by atoms with Gasteiger partial charge in [0, 0.05) is 32.7 Å². The Balaban J connectivity index is 1.72. The van der Waals surface area contributed by atoms with E-state index in [0.29, 0.717) is 30.8 Å². The fourth-order valence-electron chi connectivity index (χ4n) is 4.32. The van der Waals surface area contributed by atoms with Crippen molar-refractivity contribution in [2.45, 2.75) is 26.4 Å². The Bertz CT molecular complexity index is 1130. The van der Waals surface area contributed by atoms with Crippen molar-refractivity contribution in [3.8, 4) is 17.0 Å². The van der Waals surface area contributed by atoms with E-state index in [1.165, 1.54) is 0 Å². The zero-order valence-electron chi connectivity index (χ0n) is 18.1. The summed E-state index contributed by atoms with van der Waals surface area (Å²) < 4.78 is 2.19. The Morgan fingerprint density at radius 3 is 2.35 bits per heavy atom. The van der Waals surface area contributed by atoms with E-state index in [0.717, 1.165) is 22.5 Å². The van der Waals surface area contributed by atoms with E-state index >= 15 is 0 Å². The summed E-state index contributed by atoms with van der Waals surface area (Å²) in [6.45, 7) is 3.53. The summed E-state index contributed by atoms with van der Waals surface area (Å²) in [5, 5.41) is 10.0. The number of rotatable bonds is 4. The quantitative estimate of drug-likeness (QED) is 0.707. The lowest BCUT2D eigenvalue weighted by atomic mass is 10.0. The third kappa shape index (κ3) is 3.81. The number of para-hydroxylation sites is 1. The van der Waals surface area contributed by atoms with Crippen molar-refractivity contribution in [2.75, 3.05) is 20.6 Å². The molecule has 6 nitrogen and oxygen atoms in total. The predicted molar refractivity (Wildman–Crippen MR) is 120 cm³/mol. The third-order valence-corrected chi connectivity index (χ3v) is 5.90. The van der Waals surface area contributed by atoms with Gasteiger partial charge in [0.25, 0.3) is 5.91 Å². The van der Waals surface area contributed by atoms with Crippen molar-refractivity contribution < 1.29 is 14.7 Å². The largest absolute Gasteiger partial charge is 0.508 e. The van der Waals surface area contributed by atoms with Crippen LogP contribution in [0.4, 0.5) is 0 Å². The molecule has 2 heterocycles. The summed E-state index contributed by atoms with van der Waals surface area (Å²) in [5.41, 5.74) is 5.19. The van der Waals surface area contributed by atoms with Crippen LogP contribution in [0.5, 0.6) is 5.75 Å². The van der Waals surface area contributed by atoms with E-state index < -0.39 is 0 Å². The number of hydrogen-bond acceptors (Lipinski definition) is 3. The molecule has 0 aliphatic carbocycles. The molecule has 1 N–H and O–H groups in total. The highest BCUT2D eigenvalue weighted by Gasteiger charge is 2.31. The van der Waals surface area contributed by atoms with E-state index in [4.69, 9.17) is 0 Å². The molecule has 0 fully saturated rings. The van der Waals surface area contributed by atoms with Gasteiger partial charge in [-0.25, -0.2) is 0 Å². The van der Waals surface area contributed by atoms with Crippen LogP contribution in [0.15, 0.2) is 54.6 Å². The van der Waals surface area contributed by atoms with Gasteiger partial charge in [-0.05, 0) is 24.1 Å². The average molecular weight is 418 g/mol. The fraction of sp³-hybridized carbons (Fsp3) is 0.280. The topological polar surface area (TPSA) is 65.8 Å². The Morgan fingerprint density at radius 2 is 1.68 bits per heavy atom. The first-order valence-corrected chi connectivity index (χ1v) is 10.4. The second-order valence-corrected chi connectivity index (χ2v) is 8.13. The zero-order valence-corrected chi connectivity index (χ0v) is 18.1. The summed E-state index contributed by atoms with van der Waals surface area (Å²) in [7, 11) is 3.50. The van der Waals surface area contributed by atoms with Crippen molar-refractivity contribution in [1.29, 1.82) is 0 Å². The molecule has 0 saturated carbocycles. The van der Waals surface area contributed by atoms with Gasteiger partial charge in [-0.3, -0.25) is 9.59 Å². The van der Waals surface area contributed by atoms with Crippen molar-refractivity contribution in [2.24, 2.45) is 0 Å². The Hall–Kier alpha value is -3.54. The van der Waals surface area contributed by atoms with Crippen LogP contribution in [-0.4, -0.2) is 51.9 Å². The molecule has 3 aromatic rings. The van der Waals surface area contributed by atoms with Crippen LogP contribution in [-0.2, 0) is 24.3 Å². The number of phenols is 1. The second kappa shape index (κ2) is 8.30. The maximum Gasteiger partial charge on any atom is 0.255 e. The van der Waals surface area contributed by atoms with Crippen molar-refractivity contribution in [1.82, 2.24) is 14.4 Å². The van der Waals surface area contributed by atoms with Gasteiger partial charge in [-0.1, -0.05) is 48.5 Å². The van der Waals surface area contributed by atoms with Gasteiger partial charge in [0.15, 0.2) is 0 Å². The van der Waals surface area contributed by atoms with Crippen LogP contribution < -0.4 is 0 Å².